The van der Waals surface area contributed by atoms with Crippen LogP contribution in [0.2, 0.25) is 0 Å². The first-order chi connectivity index (χ1) is 11.1. The van der Waals surface area contributed by atoms with Gasteiger partial charge >= 0.3 is 0 Å². The monoisotopic (exact) mass is 315 g/mol. The van der Waals surface area contributed by atoms with Gasteiger partial charge in [-0.1, -0.05) is 0 Å². The molecule has 1 saturated heterocycles. The van der Waals surface area contributed by atoms with E-state index in [1.807, 2.05) is 6.20 Å². The summed E-state index contributed by atoms with van der Waals surface area (Å²) in [5, 5.41) is 0. The van der Waals surface area contributed by atoms with Crippen LogP contribution in [0.4, 0.5) is 0 Å². The number of aliphatic imine (C=N–C) groups is 1. The fourth-order valence-electron chi connectivity index (χ4n) is 3.97. The molecule has 0 saturated carbocycles. The number of fused-ring (bicyclic) bond motifs is 1. The SMILES string of the molecule is NC1=NC(N)(c2cnc3c(c2)CCC(N2CCCC2)CC3)NN1. The smallest absolute Gasteiger partial charge is 0.210 e. The van der Waals surface area contributed by atoms with Crippen LogP contribution in [0.1, 0.15) is 42.5 Å². The maximum absolute atomic E-state index is 6.28. The number of nitrogens with two attached hydrogens (primary N) is 2. The molecule has 124 valence electrons. The van der Waals surface area contributed by atoms with Gasteiger partial charge in [-0.3, -0.25) is 16.1 Å². The van der Waals surface area contributed by atoms with E-state index in [4.69, 9.17) is 11.5 Å². The Labute approximate surface area is 136 Å². The third-order valence-electron chi connectivity index (χ3n) is 5.30. The van der Waals surface area contributed by atoms with Gasteiger partial charge in [-0.05, 0) is 63.2 Å². The van der Waals surface area contributed by atoms with Crippen molar-refractivity contribution in [2.45, 2.75) is 50.4 Å². The normalized spacial score (nSPS) is 31.3. The van der Waals surface area contributed by atoms with E-state index in [1.54, 1.807) is 0 Å². The van der Waals surface area contributed by atoms with E-state index >= 15 is 0 Å². The highest BCUT2D eigenvalue weighted by atomic mass is 15.6. The number of hydrazine groups is 1. The third kappa shape index (κ3) is 2.80. The number of hydrogen-bond acceptors (Lipinski definition) is 7. The second-order valence-electron chi connectivity index (χ2n) is 6.82. The summed E-state index contributed by atoms with van der Waals surface area (Å²) in [5.74, 6) is -0.719. The summed E-state index contributed by atoms with van der Waals surface area (Å²) in [4.78, 5) is 11.6. The second kappa shape index (κ2) is 5.74. The van der Waals surface area contributed by atoms with Gasteiger partial charge in [0.05, 0.1) is 0 Å². The Balaban J connectivity index is 1.54. The Bertz CT molecular complexity index is 623. The molecule has 23 heavy (non-hydrogen) atoms. The van der Waals surface area contributed by atoms with Gasteiger partial charge in [0, 0.05) is 23.5 Å². The maximum atomic E-state index is 6.28. The molecule has 0 spiro atoms. The minimum absolute atomic E-state index is 0.302. The van der Waals surface area contributed by atoms with Crippen molar-refractivity contribution in [1.82, 2.24) is 20.7 Å². The molecule has 2 unspecified atom stereocenters. The van der Waals surface area contributed by atoms with Gasteiger partial charge in [-0.2, -0.15) is 5.43 Å². The number of guanidine groups is 1. The summed E-state index contributed by atoms with van der Waals surface area (Å²) in [6.45, 7) is 2.52. The van der Waals surface area contributed by atoms with Crippen LogP contribution in [0.5, 0.6) is 0 Å². The number of nitrogens with one attached hydrogen (secondary N) is 2. The van der Waals surface area contributed by atoms with Gasteiger partial charge in [0.2, 0.25) is 11.7 Å². The molecule has 0 amide bonds. The van der Waals surface area contributed by atoms with Crippen molar-refractivity contribution < 1.29 is 0 Å². The highest BCUT2D eigenvalue weighted by Gasteiger charge is 2.33. The number of likely N-dealkylation sites (tertiary alicyclic amines) is 1. The molecule has 3 heterocycles. The van der Waals surface area contributed by atoms with Crippen molar-refractivity contribution in [3.05, 3.63) is 29.1 Å². The Hall–Kier alpha value is -1.70. The molecular formula is C16H25N7. The molecule has 2 aliphatic heterocycles. The summed E-state index contributed by atoms with van der Waals surface area (Å²) in [6, 6.07) is 2.84. The minimum Gasteiger partial charge on any atom is -0.369 e. The van der Waals surface area contributed by atoms with Gasteiger partial charge < -0.3 is 10.6 Å². The Morgan fingerprint density at radius 2 is 2.00 bits per heavy atom. The van der Waals surface area contributed by atoms with Gasteiger partial charge in [0.1, 0.15) is 0 Å². The van der Waals surface area contributed by atoms with Gasteiger partial charge in [-0.15, -0.1) is 0 Å². The zero-order valence-corrected chi connectivity index (χ0v) is 13.4. The number of aromatic nitrogens is 1. The largest absolute Gasteiger partial charge is 0.369 e. The topological polar surface area (TPSA) is 105 Å². The van der Waals surface area contributed by atoms with Crippen molar-refractivity contribution in [3.63, 3.8) is 0 Å². The minimum atomic E-state index is -1.02. The maximum Gasteiger partial charge on any atom is 0.210 e. The number of nitrogens with zero attached hydrogens (tertiary/aromatic N) is 3. The molecule has 0 aromatic carbocycles. The van der Waals surface area contributed by atoms with Crippen LogP contribution in [-0.2, 0) is 18.6 Å². The number of pyridine rings is 1. The van der Waals surface area contributed by atoms with Crippen molar-refractivity contribution in [2.75, 3.05) is 13.1 Å². The highest BCUT2D eigenvalue weighted by Crippen LogP contribution is 2.27. The fourth-order valence-corrected chi connectivity index (χ4v) is 3.97. The summed E-state index contributed by atoms with van der Waals surface area (Å²) < 4.78 is 0. The summed E-state index contributed by atoms with van der Waals surface area (Å²) in [5.41, 5.74) is 21.0. The van der Waals surface area contributed by atoms with E-state index in [-0.39, 0.29) is 0 Å². The Morgan fingerprint density at radius 1 is 1.22 bits per heavy atom. The zero-order chi connectivity index (χ0) is 15.9. The lowest BCUT2D eigenvalue weighted by Gasteiger charge is -2.25. The van der Waals surface area contributed by atoms with E-state index in [2.05, 4.69) is 31.8 Å². The lowest BCUT2D eigenvalue weighted by atomic mass is 10.0. The zero-order valence-electron chi connectivity index (χ0n) is 13.4. The lowest BCUT2D eigenvalue weighted by Crippen LogP contribution is -2.50. The highest BCUT2D eigenvalue weighted by molar-refractivity contribution is 5.79. The molecule has 1 aromatic rings. The number of rotatable bonds is 2. The average Bonchev–Trinajstić information content (AvgIpc) is 3.14. The molecule has 0 radical (unpaired) electrons. The molecule has 7 nitrogen and oxygen atoms in total. The van der Waals surface area contributed by atoms with Crippen LogP contribution >= 0.6 is 0 Å². The van der Waals surface area contributed by atoms with E-state index in [1.165, 1.54) is 50.0 Å². The summed E-state index contributed by atoms with van der Waals surface area (Å²) >= 11 is 0. The molecule has 3 aliphatic rings. The molecular weight excluding hydrogens is 290 g/mol. The van der Waals surface area contributed by atoms with Crippen LogP contribution in [0.3, 0.4) is 0 Å². The van der Waals surface area contributed by atoms with Crippen LogP contribution in [0.25, 0.3) is 0 Å². The predicted molar refractivity (Wildman–Crippen MR) is 89.2 cm³/mol. The van der Waals surface area contributed by atoms with Gasteiger partial charge in [-0.25, -0.2) is 4.99 Å². The molecule has 6 N–H and O–H groups in total. The average molecular weight is 315 g/mol. The Kier molecular flexibility index (Phi) is 3.71. The molecule has 2 atom stereocenters. The summed E-state index contributed by atoms with van der Waals surface area (Å²) in [6.07, 6.45) is 9.03. The van der Waals surface area contributed by atoms with E-state index < -0.39 is 5.79 Å². The quantitative estimate of drug-likeness (QED) is 0.569. The van der Waals surface area contributed by atoms with Crippen molar-refractivity contribution in [2.24, 2.45) is 16.5 Å². The van der Waals surface area contributed by atoms with Crippen molar-refractivity contribution in [3.8, 4) is 0 Å². The predicted octanol–water partition coefficient (Wildman–Crippen LogP) is -0.0837. The first kappa shape index (κ1) is 14.9. The first-order valence-electron chi connectivity index (χ1n) is 8.54. The molecule has 7 heteroatoms. The van der Waals surface area contributed by atoms with Crippen molar-refractivity contribution in [1.29, 1.82) is 0 Å². The molecule has 0 bridgehead atoms. The molecule has 1 aliphatic carbocycles. The van der Waals surface area contributed by atoms with Crippen molar-refractivity contribution >= 4 is 5.96 Å². The number of aryl methyl sites for hydroxylation is 2. The van der Waals surface area contributed by atoms with E-state index in [9.17, 15) is 0 Å². The second-order valence-corrected chi connectivity index (χ2v) is 6.82. The summed E-state index contributed by atoms with van der Waals surface area (Å²) in [7, 11) is 0. The van der Waals surface area contributed by atoms with Gasteiger partial charge in [0.15, 0.2) is 0 Å². The van der Waals surface area contributed by atoms with Crippen LogP contribution in [-0.4, -0.2) is 35.0 Å². The molecule has 1 aromatic heterocycles. The number of hydrogen-bond donors (Lipinski definition) is 4. The fraction of sp³-hybridized carbons (Fsp3) is 0.625. The van der Waals surface area contributed by atoms with E-state index in [0.29, 0.717) is 12.0 Å². The van der Waals surface area contributed by atoms with Crippen LogP contribution in [0.15, 0.2) is 17.3 Å². The van der Waals surface area contributed by atoms with Crippen LogP contribution < -0.4 is 22.3 Å². The first-order valence-corrected chi connectivity index (χ1v) is 8.54. The lowest BCUT2D eigenvalue weighted by molar-refractivity contribution is 0.222. The molecule has 4 rings (SSSR count). The van der Waals surface area contributed by atoms with Gasteiger partial charge in [0.25, 0.3) is 0 Å². The Morgan fingerprint density at radius 3 is 2.74 bits per heavy atom. The van der Waals surface area contributed by atoms with Crippen LogP contribution in [0, 0.1) is 0 Å². The third-order valence-corrected chi connectivity index (χ3v) is 5.30. The molecule has 1 fully saturated rings. The standard InChI is InChI=1S/C16H25N7/c17-15-20-16(18,22-21-15)12-9-11-3-4-13(23-7-1-2-8-23)5-6-14(11)19-10-12/h9-10,13,22H,1-8,18H2,(H3,17,20,21). The van der Waals surface area contributed by atoms with E-state index in [0.717, 1.165) is 18.4 Å².